The van der Waals surface area contributed by atoms with E-state index in [4.69, 9.17) is 15.7 Å². The highest BCUT2D eigenvalue weighted by atomic mass is 16.1. The van der Waals surface area contributed by atoms with Gasteiger partial charge in [-0.3, -0.25) is 9.79 Å². The van der Waals surface area contributed by atoms with Crippen LogP contribution in [0.25, 0.3) is 10.9 Å². The largest absolute Gasteiger partial charge is 0.369 e. The van der Waals surface area contributed by atoms with Crippen molar-refractivity contribution >= 4 is 40.6 Å². The van der Waals surface area contributed by atoms with Crippen molar-refractivity contribution in [3.63, 3.8) is 0 Å². The van der Waals surface area contributed by atoms with E-state index in [0.29, 0.717) is 5.96 Å². The number of guanidine groups is 1. The third kappa shape index (κ3) is 2.99. The Morgan fingerprint density at radius 1 is 1.26 bits per heavy atom. The van der Waals surface area contributed by atoms with Gasteiger partial charge in [0.1, 0.15) is 11.9 Å². The Kier molecular flexibility index (Phi) is 3.92. The zero-order chi connectivity index (χ0) is 21.1. The number of primary amides is 1. The molecule has 6 atom stereocenters. The molecule has 1 aromatic heterocycles. The minimum atomic E-state index is -0.304. The van der Waals surface area contributed by atoms with Crippen LogP contribution in [0.3, 0.4) is 0 Å². The van der Waals surface area contributed by atoms with E-state index in [2.05, 4.69) is 50.2 Å². The van der Waals surface area contributed by atoms with Crippen molar-refractivity contribution in [1.29, 1.82) is 0 Å². The molecule has 0 spiro atoms. The second-order valence-corrected chi connectivity index (χ2v) is 8.70. The molecule has 6 rings (SSSR count). The molecule has 31 heavy (non-hydrogen) atoms. The van der Waals surface area contributed by atoms with Crippen LogP contribution >= 0.6 is 0 Å². The number of nitrogens with zero attached hydrogens (tertiary/aromatic N) is 3. The van der Waals surface area contributed by atoms with Crippen LogP contribution in [-0.4, -0.2) is 47.3 Å². The molecule has 1 saturated carbocycles. The minimum Gasteiger partial charge on any atom is -0.369 e. The summed E-state index contributed by atoms with van der Waals surface area (Å²) >= 11 is 0. The number of fused-ring (bicyclic) bond motifs is 4. The van der Waals surface area contributed by atoms with Gasteiger partial charge < -0.3 is 26.7 Å². The monoisotopic (exact) mass is 416 g/mol. The molecule has 158 valence electrons. The number of hydrogen-bond acceptors (Lipinski definition) is 6. The first-order valence-electron chi connectivity index (χ1n) is 10.6. The first-order chi connectivity index (χ1) is 15.0. The van der Waals surface area contributed by atoms with Gasteiger partial charge in [0.2, 0.25) is 11.9 Å². The normalized spacial score (nSPS) is 34.0. The summed E-state index contributed by atoms with van der Waals surface area (Å²) in [6.45, 7) is 2.04. The van der Waals surface area contributed by atoms with E-state index in [1.807, 2.05) is 19.1 Å². The standard InChI is InChI=1S/C22H24N8O/c1-10-6-13-8-14(4-5-15(13)26-10)27-22-29-20-18(24-9-25-20)21(30-22)28-17-12-3-2-11(7-12)16(17)19(23)31/h2-6,8-9,11-12,16-18,20,26H,7H2,1H3,(H2,23,31)(H,24,25)(H2,27,28,29,30). The van der Waals surface area contributed by atoms with Gasteiger partial charge in [-0.05, 0) is 43.5 Å². The lowest BCUT2D eigenvalue weighted by Gasteiger charge is -2.29. The van der Waals surface area contributed by atoms with E-state index in [-0.39, 0.29) is 41.9 Å². The predicted octanol–water partition coefficient (Wildman–Crippen LogP) is 1.25. The van der Waals surface area contributed by atoms with Crippen LogP contribution in [0.15, 0.2) is 51.4 Å². The fourth-order valence-electron chi connectivity index (χ4n) is 5.24. The highest BCUT2D eigenvalue weighted by molar-refractivity contribution is 6.11. The molecule has 6 N–H and O–H groups in total. The van der Waals surface area contributed by atoms with E-state index in [9.17, 15) is 4.79 Å². The van der Waals surface area contributed by atoms with Crippen molar-refractivity contribution in [3.05, 3.63) is 42.1 Å². The van der Waals surface area contributed by atoms with Crippen molar-refractivity contribution in [1.82, 2.24) is 15.6 Å². The van der Waals surface area contributed by atoms with E-state index < -0.39 is 0 Å². The molecule has 6 unspecified atom stereocenters. The van der Waals surface area contributed by atoms with E-state index in [0.717, 1.165) is 34.5 Å². The number of hydrogen-bond donors (Lipinski definition) is 5. The summed E-state index contributed by atoms with van der Waals surface area (Å²) in [6.07, 6.45) is 6.57. The Bertz CT molecular complexity index is 1190. The summed E-state index contributed by atoms with van der Waals surface area (Å²) in [5.74, 6) is 1.20. The van der Waals surface area contributed by atoms with E-state index >= 15 is 0 Å². The summed E-state index contributed by atoms with van der Waals surface area (Å²) < 4.78 is 0. The van der Waals surface area contributed by atoms with Gasteiger partial charge in [0.15, 0.2) is 6.17 Å². The van der Waals surface area contributed by atoms with Crippen LogP contribution in [0.1, 0.15) is 12.1 Å². The molecule has 2 aromatic rings. The summed E-state index contributed by atoms with van der Waals surface area (Å²) in [5.41, 5.74) is 8.85. The van der Waals surface area contributed by atoms with Crippen molar-refractivity contribution in [3.8, 4) is 0 Å². The van der Waals surface area contributed by atoms with Gasteiger partial charge >= 0.3 is 0 Å². The number of aliphatic imine (C=N–C) groups is 3. The van der Waals surface area contributed by atoms with Crippen LogP contribution in [-0.2, 0) is 4.79 Å². The van der Waals surface area contributed by atoms with Gasteiger partial charge in [-0.15, -0.1) is 0 Å². The maximum Gasteiger partial charge on any atom is 0.223 e. The van der Waals surface area contributed by atoms with Crippen molar-refractivity contribution < 1.29 is 4.79 Å². The number of amidine groups is 1. The highest BCUT2D eigenvalue weighted by Crippen LogP contribution is 2.45. The van der Waals surface area contributed by atoms with Crippen LogP contribution in [0.5, 0.6) is 0 Å². The molecule has 0 radical (unpaired) electrons. The van der Waals surface area contributed by atoms with Gasteiger partial charge in [0.05, 0.1) is 18.3 Å². The molecule has 3 heterocycles. The maximum atomic E-state index is 12.1. The van der Waals surface area contributed by atoms with E-state index in [1.165, 1.54) is 0 Å². The third-order valence-corrected chi connectivity index (χ3v) is 6.63. The molecule has 4 aliphatic rings. The average Bonchev–Trinajstić information content (AvgIpc) is 3.50. The molecule has 9 nitrogen and oxygen atoms in total. The fraction of sp³-hybridized carbons (Fsp3) is 0.364. The third-order valence-electron chi connectivity index (χ3n) is 6.63. The number of nitrogens with two attached hydrogens (primary N) is 1. The number of allylic oxidation sites excluding steroid dienone is 1. The molecule has 1 amide bonds. The highest BCUT2D eigenvalue weighted by Gasteiger charge is 2.48. The second-order valence-electron chi connectivity index (χ2n) is 8.70. The molecular formula is C22H24N8O. The van der Waals surface area contributed by atoms with Crippen LogP contribution in [0.2, 0.25) is 0 Å². The number of benzene rings is 1. The maximum absolute atomic E-state index is 12.1. The number of nitrogens with one attached hydrogen (secondary N) is 4. The number of amides is 1. The number of aryl methyl sites for hydroxylation is 1. The molecule has 0 saturated heterocycles. The number of aromatic amines is 1. The minimum absolute atomic E-state index is 0.156. The van der Waals surface area contributed by atoms with Gasteiger partial charge in [0, 0.05) is 28.2 Å². The zero-order valence-corrected chi connectivity index (χ0v) is 17.0. The van der Waals surface area contributed by atoms with Gasteiger partial charge in [0.25, 0.3) is 0 Å². The first kappa shape index (κ1) is 18.2. The first-order valence-corrected chi connectivity index (χ1v) is 10.6. The lowest BCUT2D eigenvalue weighted by atomic mass is 9.88. The Labute approximate surface area is 179 Å². The molecular weight excluding hydrogens is 392 g/mol. The smallest absolute Gasteiger partial charge is 0.223 e. The number of anilines is 1. The number of rotatable bonds is 3. The summed E-state index contributed by atoms with van der Waals surface area (Å²) in [7, 11) is 0. The second kappa shape index (κ2) is 6.69. The topological polar surface area (TPSA) is 132 Å². The zero-order valence-electron chi connectivity index (χ0n) is 17.0. The predicted molar refractivity (Wildman–Crippen MR) is 121 cm³/mol. The van der Waals surface area contributed by atoms with Crippen molar-refractivity contribution in [2.24, 2.45) is 38.5 Å². The Morgan fingerprint density at radius 3 is 3.00 bits per heavy atom. The Balaban J connectivity index is 1.29. The molecule has 2 aliphatic carbocycles. The van der Waals surface area contributed by atoms with Gasteiger partial charge in [-0.1, -0.05) is 12.2 Å². The number of carbonyl (C=O) groups excluding carboxylic acids is 1. The number of carbonyl (C=O) groups is 1. The quantitative estimate of drug-likeness (QED) is 0.482. The van der Waals surface area contributed by atoms with Crippen molar-refractivity contribution in [2.75, 3.05) is 5.32 Å². The molecule has 2 aliphatic heterocycles. The molecule has 1 fully saturated rings. The summed E-state index contributed by atoms with van der Waals surface area (Å²) in [4.78, 5) is 29.6. The van der Waals surface area contributed by atoms with Crippen LogP contribution in [0.4, 0.5) is 5.69 Å². The van der Waals surface area contributed by atoms with Crippen LogP contribution in [0, 0.1) is 24.7 Å². The number of aromatic nitrogens is 1. The van der Waals surface area contributed by atoms with Gasteiger partial charge in [-0.25, -0.2) is 9.98 Å². The average molecular weight is 416 g/mol. The SMILES string of the molecule is Cc1cc2cc(NC3=NC4N=CNC4C(=NC4C5C=CC(C5)C4C(N)=O)N3)ccc2[nH]1. The summed E-state index contributed by atoms with van der Waals surface area (Å²) in [5, 5.41) is 11.0. The fourth-order valence-corrected chi connectivity index (χ4v) is 5.24. The van der Waals surface area contributed by atoms with E-state index in [1.54, 1.807) is 6.34 Å². The molecule has 9 heteroatoms. The van der Waals surface area contributed by atoms with Crippen LogP contribution < -0.4 is 21.7 Å². The Hall–Kier alpha value is -3.62. The summed E-state index contributed by atoms with van der Waals surface area (Å²) in [6, 6.07) is 7.91. The van der Waals surface area contributed by atoms with Crippen molar-refractivity contribution in [2.45, 2.75) is 31.6 Å². The lowest BCUT2D eigenvalue weighted by Crippen LogP contribution is -2.55. The number of H-pyrrole nitrogens is 1. The molecule has 1 aromatic carbocycles. The van der Waals surface area contributed by atoms with Gasteiger partial charge in [-0.2, -0.15) is 0 Å². The lowest BCUT2D eigenvalue weighted by molar-refractivity contribution is -0.122. The Morgan fingerprint density at radius 2 is 2.13 bits per heavy atom. The molecule has 2 bridgehead atoms.